The summed E-state index contributed by atoms with van der Waals surface area (Å²) in [5, 5.41) is 11.4. The van der Waals surface area contributed by atoms with E-state index in [1.54, 1.807) is 0 Å². The second-order valence-corrected chi connectivity index (χ2v) is 6.29. The van der Waals surface area contributed by atoms with Crippen molar-refractivity contribution in [3.8, 4) is 0 Å². The maximum absolute atomic E-state index is 13.0. The molecule has 2 N–H and O–H groups in total. The van der Waals surface area contributed by atoms with Gasteiger partial charge in [0, 0.05) is 25.8 Å². The highest BCUT2D eigenvalue weighted by Gasteiger charge is 2.19. The van der Waals surface area contributed by atoms with Crippen molar-refractivity contribution < 1.29 is 33.4 Å². The number of alkyl carbamates (subject to hydrolysis) is 1. The minimum absolute atomic E-state index is 0.0244. The van der Waals surface area contributed by atoms with Gasteiger partial charge in [0.2, 0.25) is 6.29 Å². The standard InChI is InChI=1S/C18H24FNO6/c1-11(2)8-17(23)25-12(3)26-18(24)20-10-14(9-16(21)22)13-4-6-15(19)7-5-13/h4-7,11-12,14H,8-10H2,1-3H3,(H,20,24)(H,21,22)/t12-,14+/m1/s1. The van der Waals surface area contributed by atoms with Gasteiger partial charge in [0.15, 0.2) is 0 Å². The van der Waals surface area contributed by atoms with Crippen molar-refractivity contribution in [1.82, 2.24) is 5.32 Å². The molecule has 0 saturated heterocycles. The monoisotopic (exact) mass is 369 g/mol. The molecule has 1 aromatic rings. The number of amides is 1. The van der Waals surface area contributed by atoms with E-state index in [0.717, 1.165) is 0 Å². The molecule has 144 valence electrons. The van der Waals surface area contributed by atoms with Crippen molar-refractivity contribution in [3.05, 3.63) is 35.6 Å². The Kier molecular flexibility index (Phi) is 8.54. The van der Waals surface area contributed by atoms with E-state index < -0.39 is 36.1 Å². The molecule has 0 bridgehead atoms. The van der Waals surface area contributed by atoms with Crippen LogP contribution in [-0.2, 0) is 19.1 Å². The minimum atomic E-state index is -1.06. The molecule has 0 fully saturated rings. The molecule has 0 heterocycles. The third-order valence-corrected chi connectivity index (χ3v) is 3.40. The molecule has 0 radical (unpaired) electrons. The van der Waals surface area contributed by atoms with E-state index in [4.69, 9.17) is 14.6 Å². The summed E-state index contributed by atoms with van der Waals surface area (Å²) in [6.07, 6.45) is -1.94. The zero-order valence-electron chi connectivity index (χ0n) is 15.0. The summed E-state index contributed by atoms with van der Waals surface area (Å²) < 4.78 is 22.9. The molecule has 26 heavy (non-hydrogen) atoms. The molecule has 0 spiro atoms. The lowest BCUT2D eigenvalue weighted by Crippen LogP contribution is -2.33. The fraction of sp³-hybridized carbons (Fsp3) is 0.500. The number of halogens is 1. The predicted molar refractivity (Wildman–Crippen MR) is 90.9 cm³/mol. The van der Waals surface area contributed by atoms with Crippen LogP contribution in [0.4, 0.5) is 9.18 Å². The van der Waals surface area contributed by atoms with Crippen molar-refractivity contribution >= 4 is 18.0 Å². The van der Waals surface area contributed by atoms with Gasteiger partial charge < -0.3 is 19.9 Å². The Morgan fingerprint density at radius 3 is 2.23 bits per heavy atom. The number of hydrogen-bond acceptors (Lipinski definition) is 5. The van der Waals surface area contributed by atoms with Crippen LogP contribution in [0.5, 0.6) is 0 Å². The van der Waals surface area contributed by atoms with E-state index in [1.807, 2.05) is 13.8 Å². The molecule has 1 amide bonds. The molecule has 0 aromatic heterocycles. The van der Waals surface area contributed by atoms with Gasteiger partial charge in [-0.05, 0) is 23.6 Å². The van der Waals surface area contributed by atoms with Crippen LogP contribution in [0.25, 0.3) is 0 Å². The molecule has 0 aliphatic heterocycles. The van der Waals surface area contributed by atoms with E-state index in [2.05, 4.69) is 5.32 Å². The number of carbonyl (C=O) groups excluding carboxylic acids is 2. The number of carboxylic acid groups (broad SMARTS) is 1. The van der Waals surface area contributed by atoms with E-state index in [9.17, 15) is 18.8 Å². The van der Waals surface area contributed by atoms with Crippen LogP contribution in [-0.4, -0.2) is 36.0 Å². The largest absolute Gasteiger partial charge is 0.481 e. The zero-order chi connectivity index (χ0) is 19.7. The first-order chi connectivity index (χ1) is 12.2. The average molecular weight is 369 g/mol. The first-order valence-electron chi connectivity index (χ1n) is 8.28. The van der Waals surface area contributed by atoms with Crippen molar-refractivity contribution in [2.75, 3.05) is 6.54 Å². The molecule has 1 aromatic carbocycles. The van der Waals surface area contributed by atoms with Gasteiger partial charge in [-0.15, -0.1) is 0 Å². The zero-order valence-corrected chi connectivity index (χ0v) is 15.0. The highest BCUT2D eigenvalue weighted by Crippen LogP contribution is 2.19. The molecule has 0 aliphatic rings. The fourth-order valence-electron chi connectivity index (χ4n) is 2.24. The van der Waals surface area contributed by atoms with E-state index >= 15 is 0 Å². The third kappa shape index (κ3) is 8.46. The number of esters is 1. The molecule has 8 heteroatoms. The van der Waals surface area contributed by atoms with Crippen LogP contribution in [0.3, 0.4) is 0 Å². The summed E-state index contributed by atoms with van der Waals surface area (Å²) in [5.74, 6) is -2.40. The molecule has 2 atom stereocenters. The summed E-state index contributed by atoms with van der Waals surface area (Å²) in [7, 11) is 0. The number of aliphatic carboxylic acids is 1. The predicted octanol–water partition coefficient (Wildman–Crippen LogP) is 3.05. The minimum Gasteiger partial charge on any atom is -0.481 e. The normalized spacial score (nSPS) is 13.0. The van der Waals surface area contributed by atoms with Gasteiger partial charge in [-0.25, -0.2) is 9.18 Å². The number of rotatable bonds is 9. The number of benzene rings is 1. The van der Waals surface area contributed by atoms with Crippen LogP contribution in [0.2, 0.25) is 0 Å². The number of nitrogens with one attached hydrogen (secondary N) is 1. The SMILES string of the molecule is CC(C)CC(=O)O[C@@H](C)OC(=O)NC[C@H](CC(=O)O)c1ccc(F)cc1. The number of carboxylic acids is 1. The molecule has 0 aliphatic carbocycles. The second kappa shape index (κ2) is 10.4. The Bertz CT molecular complexity index is 617. The van der Waals surface area contributed by atoms with Crippen LogP contribution < -0.4 is 5.32 Å². The Balaban J connectivity index is 2.54. The van der Waals surface area contributed by atoms with Gasteiger partial charge in [0.05, 0.1) is 6.42 Å². The molecule has 1 rings (SSSR count). The van der Waals surface area contributed by atoms with Gasteiger partial charge in [0.25, 0.3) is 0 Å². The van der Waals surface area contributed by atoms with Gasteiger partial charge in [-0.3, -0.25) is 9.59 Å². The Hall–Kier alpha value is -2.64. The lowest BCUT2D eigenvalue weighted by molar-refractivity contribution is -0.165. The van der Waals surface area contributed by atoms with Crippen molar-refractivity contribution in [2.24, 2.45) is 5.92 Å². The van der Waals surface area contributed by atoms with Gasteiger partial charge in [-0.2, -0.15) is 0 Å². The summed E-state index contributed by atoms with van der Waals surface area (Å²) in [6, 6.07) is 5.37. The van der Waals surface area contributed by atoms with Gasteiger partial charge in [-0.1, -0.05) is 26.0 Å². The maximum Gasteiger partial charge on any atom is 0.410 e. The first kappa shape index (κ1) is 21.4. The molecule has 0 unspecified atom stereocenters. The Labute approximate surface area is 151 Å². The highest BCUT2D eigenvalue weighted by molar-refractivity contribution is 5.71. The summed E-state index contributed by atoms with van der Waals surface area (Å²) in [4.78, 5) is 34.3. The fourth-order valence-corrected chi connectivity index (χ4v) is 2.24. The highest BCUT2D eigenvalue weighted by atomic mass is 19.1. The van der Waals surface area contributed by atoms with Gasteiger partial charge in [0.1, 0.15) is 5.82 Å². The van der Waals surface area contributed by atoms with Crippen LogP contribution >= 0.6 is 0 Å². The number of carbonyl (C=O) groups is 3. The molecule has 7 nitrogen and oxygen atoms in total. The van der Waals surface area contributed by atoms with Crippen LogP contribution in [0, 0.1) is 11.7 Å². The van der Waals surface area contributed by atoms with Crippen LogP contribution in [0.1, 0.15) is 45.1 Å². The quantitative estimate of drug-likeness (QED) is 0.512. The second-order valence-electron chi connectivity index (χ2n) is 6.29. The van der Waals surface area contributed by atoms with E-state index in [0.29, 0.717) is 5.56 Å². The average Bonchev–Trinajstić information content (AvgIpc) is 2.50. The van der Waals surface area contributed by atoms with Crippen LogP contribution in [0.15, 0.2) is 24.3 Å². The molecular formula is C18H24FNO6. The summed E-state index contributed by atoms with van der Waals surface area (Å²) in [5.41, 5.74) is 0.575. The smallest absolute Gasteiger partial charge is 0.410 e. The number of hydrogen-bond donors (Lipinski definition) is 2. The molecular weight excluding hydrogens is 345 g/mol. The summed E-state index contributed by atoms with van der Waals surface area (Å²) >= 11 is 0. The topological polar surface area (TPSA) is 102 Å². The van der Waals surface area contributed by atoms with Crippen molar-refractivity contribution in [2.45, 2.75) is 45.8 Å². The Morgan fingerprint density at radius 2 is 1.69 bits per heavy atom. The first-order valence-corrected chi connectivity index (χ1v) is 8.28. The summed E-state index contributed by atoms with van der Waals surface area (Å²) in [6.45, 7) is 5.10. The lowest BCUT2D eigenvalue weighted by atomic mass is 9.96. The molecule has 0 saturated carbocycles. The number of ether oxygens (including phenoxy) is 2. The van der Waals surface area contributed by atoms with Gasteiger partial charge >= 0.3 is 18.0 Å². The third-order valence-electron chi connectivity index (χ3n) is 3.40. The Morgan fingerprint density at radius 1 is 1.08 bits per heavy atom. The van der Waals surface area contributed by atoms with E-state index in [1.165, 1.54) is 31.2 Å². The van der Waals surface area contributed by atoms with Crippen molar-refractivity contribution in [3.63, 3.8) is 0 Å². The van der Waals surface area contributed by atoms with E-state index in [-0.39, 0.29) is 25.3 Å². The maximum atomic E-state index is 13.0. The van der Waals surface area contributed by atoms with Crippen molar-refractivity contribution in [1.29, 1.82) is 0 Å². The lowest BCUT2D eigenvalue weighted by Gasteiger charge is -2.18.